The predicted molar refractivity (Wildman–Crippen MR) is 77.9 cm³/mol. The third kappa shape index (κ3) is 4.56. The molecule has 0 aromatic heterocycles. The lowest BCUT2D eigenvalue weighted by atomic mass is 10.1. The Morgan fingerprint density at radius 2 is 1.95 bits per heavy atom. The van der Waals surface area contributed by atoms with Gasteiger partial charge in [0.2, 0.25) is 5.91 Å². The van der Waals surface area contributed by atoms with Crippen LogP contribution in [0, 0.1) is 18.6 Å². The van der Waals surface area contributed by atoms with Crippen molar-refractivity contribution in [2.24, 2.45) is 0 Å². The van der Waals surface area contributed by atoms with E-state index in [0.717, 1.165) is 23.3 Å². The summed E-state index contributed by atoms with van der Waals surface area (Å²) in [6.45, 7) is 2.31. The van der Waals surface area contributed by atoms with E-state index < -0.39 is 11.6 Å². The summed E-state index contributed by atoms with van der Waals surface area (Å²) in [7, 11) is 0. The first-order valence-electron chi connectivity index (χ1n) is 6.56. The number of carbonyl (C=O) groups excluding carboxylic acids is 1. The molecular formula is C16H16F2N2O. The number of aryl methyl sites for hydroxylation is 1. The van der Waals surface area contributed by atoms with Crippen LogP contribution in [0.5, 0.6) is 0 Å². The van der Waals surface area contributed by atoms with Crippen LogP contribution in [0.15, 0.2) is 42.5 Å². The molecule has 0 atom stereocenters. The van der Waals surface area contributed by atoms with Gasteiger partial charge in [0.1, 0.15) is 11.6 Å². The highest BCUT2D eigenvalue weighted by molar-refractivity contribution is 5.80. The van der Waals surface area contributed by atoms with Crippen LogP contribution in [0.25, 0.3) is 0 Å². The van der Waals surface area contributed by atoms with Crippen LogP contribution in [0.4, 0.5) is 14.5 Å². The number of hydrogen-bond acceptors (Lipinski definition) is 2. The first-order valence-corrected chi connectivity index (χ1v) is 6.56. The Balaban J connectivity index is 1.82. The lowest BCUT2D eigenvalue weighted by Gasteiger charge is -2.09. The van der Waals surface area contributed by atoms with Gasteiger partial charge in [-0.3, -0.25) is 4.79 Å². The molecule has 2 aromatic carbocycles. The largest absolute Gasteiger partial charge is 0.374 e. The molecule has 2 rings (SSSR count). The molecule has 0 spiro atoms. The quantitative estimate of drug-likeness (QED) is 0.889. The third-order valence-electron chi connectivity index (χ3n) is 2.94. The van der Waals surface area contributed by atoms with Crippen molar-refractivity contribution in [3.8, 4) is 0 Å². The molecule has 0 saturated heterocycles. The Hall–Kier alpha value is -2.43. The molecule has 5 heteroatoms. The lowest BCUT2D eigenvalue weighted by molar-refractivity contribution is -0.119. The van der Waals surface area contributed by atoms with Gasteiger partial charge < -0.3 is 10.6 Å². The summed E-state index contributed by atoms with van der Waals surface area (Å²) in [5.74, 6) is -1.64. The summed E-state index contributed by atoms with van der Waals surface area (Å²) in [6, 6.07) is 11.0. The van der Waals surface area contributed by atoms with Crippen LogP contribution < -0.4 is 10.6 Å². The van der Waals surface area contributed by atoms with Crippen LogP contribution in [0.2, 0.25) is 0 Å². The Kier molecular flexibility index (Phi) is 4.87. The summed E-state index contributed by atoms with van der Waals surface area (Å²) < 4.78 is 26.1. The Morgan fingerprint density at radius 3 is 2.67 bits per heavy atom. The van der Waals surface area contributed by atoms with E-state index >= 15 is 0 Å². The zero-order valence-electron chi connectivity index (χ0n) is 11.6. The first kappa shape index (κ1) is 15.0. The number of carbonyl (C=O) groups is 1. The third-order valence-corrected chi connectivity index (χ3v) is 2.94. The number of amides is 1. The number of halogens is 2. The summed E-state index contributed by atoms with van der Waals surface area (Å²) >= 11 is 0. The second-order valence-electron chi connectivity index (χ2n) is 4.74. The molecule has 0 unspecified atom stereocenters. The average molecular weight is 290 g/mol. The number of nitrogens with one attached hydrogen (secondary N) is 2. The van der Waals surface area contributed by atoms with Crippen LogP contribution in [0.1, 0.15) is 11.1 Å². The fraction of sp³-hybridized carbons (Fsp3) is 0.188. The smallest absolute Gasteiger partial charge is 0.239 e. The highest BCUT2D eigenvalue weighted by Gasteiger charge is 2.06. The topological polar surface area (TPSA) is 41.1 Å². The predicted octanol–water partition coefficient (Wildman–Crippen LogP) is 3.00. The molecule has 0 aliphatic rings. The second kappa shape index (κ2) is 6.83. The first-order chi connectivity index (χ1) is 10.0. The van der Waals surface area contributed by atoms with Gasteiger partial charge >= 0.3 is 0 Å². The van der Waals surface area contributed by atoms with Gasteiger partial charge in [0.15, 0.2) is 0 Å². The fourth-order valence-electron chi connectivity index (χ4n) is 1.89. The van der Waals surface area contributed by atoms with Crippen molar-refractivity contribution in [2.45, 2.75) is 13.5 Å². The molecule has 0 radical (unpaired) electrons. The molecule has 2 N–H and O–H groups in total. The number of benzene rings is 2. The molecule has 110 valence electrons. The van der Waals surface area contributed by atoms with E-state index in [-0.39, 0.29) is 18.1 Å². The Morgan fingerprint density at radius 1 is 1.14 bits per heavy atom. The van der Waals surface area contributed by atoms with Gasteiger partial charge in [-0.25, -0.2) is 8.78 Å². The van der Waals surface area contributed by atoms with Gasteiger partial charge in [0.25, 0.3) is 0 Å². The molecule has 0 fully saturated rings. The van der Waals surface area contributed by atoms with E-state index in [0.29, 0.717) is 6.54 Å². The minimum Gasteiger partial charge on any atom is -0.374 e. The Labute approximate surface area is 122 Å². The van der Waals surface area contributed by atoms with E-state index in [4.69, 9.17) is 0 Å². The van der Waals surface area contributed by atoms with Crippen LogP contribution >= 0.6 is 0 Å². The van der Waals surface area contributed by atoms with Crippen molar-refractivity contribution in [2.75, 3.05) is 11.9 Å². The van der Waals surface area contributed by atoms with E-state index in [1.54, 1.807) is 0 Å². The summed E-state index contributed by atoms with van der Waals surface area (Å²) in [5.41, 5.74) is 2.21. The maximum atomic E-state index is 13.4. The maximum Gasteiger partial charge on any atom is 0.239 e. The van der Waals surface area contributed by atoms with Crippen molar-refractivity contribution < 1.29 is 13.6 Å². The lowest BCUT2D eigenvalue weighted by Crippen LogP contribution is -2.29. The monoisotopic (exact) mass is 290 g/mol. The summed E-state index contributed by atoms with van der Waals surface area (Å²) in [5, 5.41) is 5.36. The molecule has 0 aliphatic heterocycles. The number of anilines is 1. The highest BCUT2D eigenvalue weighted by atomic mass is 19.1. The van der Waals surface area contributed by atoms with E-state index in [9.17, 15) is 13.6 Å². The molecule has 3 nitrogen and oxygen atoms in total. The second-order valence-corrected chi connectivity index (χ2v) is 4.74. The fourth-order valence-corrected chi connectivity index (χ4v) is 1.89. The number of rotatable bonds is 5. The van der Waals surface area contributed by atoms with E-state index in [1.807, 2.05) is 31.2 Å². The van der Waals surface area contributed by atoms with Gasteiger partial charge in [-0.15, -0.1) is 0 Å². The minimum absolute atomic E-state index is 0.0750. The normalized spacial score (nSPS) is 10.2. The zero-order valence-corrected chi connectivity index (χ0v) is 11.6. The van der Waals surface area contributed by atoms with E-state index in [2.05, 4.69) is 10.6 Å². The van der Waals surface area contributed by atoms with Crippen LogP contribution in [0.3, 0.4) is 0 Å². The van der Waals surface area contributed by atoms with Gasteiger partial charge in [-0.1, -0.05) is 29.8 Å². The molecule has 0 aliphatic carbocycles. The summed E-state index contributed by atoms with van der Waals surface area (Å²) in [6.07, 6.45) is 0. The molecule has 1 amide bonds. The molecule has 2 aromatic rings. The molecule has 21 heavy (non-hydrogen) atoms. The van der Waals surface area contributed by atoms with Crippen molar-refractivity contribution >= 4 is 11.6 Å². The maximum absolute atomic E-state index is 13.4. The van der Waals surface area contributed by atoms with Crippen molar-refractivity contribution in [1.82, 2.24) is 5.32 Å². The van der Waals surface area contributed by atoms with Crippen LogP contribution in [-0.4, -0.2) is 12.5 Å². The number of hydrogen-bond donors (Lipinski definition) is 2. The molecule has 0 bridgehead atoms. The van der Waals surface area contributed by atoms with Crippen molar-refractivity contribution in [3.63, 3.8) is 0 Å². The molecule has 0 heterocycles. The molecular weight excluding hydrogens is 274 g/mol. The average Bonchev–Trinajstić information content (AvgIpc) is 2.44. The van der Waals surface area contributed by atoms with E-state index in [1.165, 1.54) is 6.07 Å². The van der Waals surface area contributed by atoms with Gasteiger partial charge in [0, 0.05) is 12.6 Å². The standard InChI is InChI=1S/C16H16F2N2O/c1-11-3-2-4-12(7-11)9-20-16(21)10-19-15-6-5-13(17)8-14(15)18/h2-8,19H,9-10H2,1H3,(H,20,21). The van der Waals surface area contributed by atoms with Crippen molar-refractivity contribution in [3.05, 3.63) is 65.2 Å². The zero-order chi connectivity index (χ0) is 15.2. The Bertz CT molecular complexity index is 644. The molecule has 0 saturated carbocycles. The van der Waals surface area contributed by atoms with Gasteiger partial charge in [0.05, 0.1) is 12.2 Å². The SMILES string of the molecule is Cc1cccc(CNC(=O)CNc2ccc(F)cc2F)c1. The minimum atomic E-state index is -0.721. The van der Waals surface area contributed by atoms with Gasteiger partial charge in [-0.05, 0) is 24.6 Å². The van der Waals surface area contributed by atoms with Crippen LogP contribution in [-0.2, 0) is 11.3 Å². The van der Waals surface area contributed by atoms with Gasteiger partial charge in [-0.2, -0.15) is 0 Å². The highest BCUT2D eigenvalue weighted by Crippen LogP contribution is 2.14. The van der Waals surface area contributed by atoms with Crippen molar-refractivity contribution in [1.29, 1.82) is 0 Å². The summed E-state index contributed by atoms with van der Waals surface area (Å²) in [4.78, 5) is 11.7.